The molecule has 1 atom stereocenters. The molecule has 2 rings (SSSR count). The molecule has 3 N–H and O–H groups in total. The van der Waals surface area contributed by atoms with Gasteiger partial charge in [-0.1, -0.05) is 26.0 Å². The first-order valence-corrected chi connectivity index (χ1v) is 7.44. The van der Waals surface area contributed by atoms with E-state index < -0.39 is 0 Å². The number of rotatable bonds is 5. The van der Waals surface area contributed by atoms with E-state index in [0.717, 1.165) is 22.7 Å². The molecule has 0 spiro atoms. The lowest BCUT2D eigenvalue weighted by molar-refractivity contribution is 0.341. The number of aryl methyl sites for hydroxylation is 1. The Kier molecular flexibility index (Phi) is 4.52. The molecular formula is C15H20FN3S. The zero-order chi connectivity index (χ0) is 14.8. The number of nitrogens with one attached hydrogen (secondary N) is 1. The van der Waals surface area contributed by atoms with Crippen molar-refractivity contribution in [1.82, 2.24) is 10.4 Å². The van der Waals surface area contributed by atoms with E-state index in [0.29, 0.717) is 0 Å². The van der Waals surface area contributed by atoms with Gasteiger partial charge in [-0.05, 0) is 24.6 Å². The Hall–Kier alpha value is -1.30. The number of thiazole rings is 1. The fourth-order valence-corrected chi connectivity index (χ4v) is 3.09. The second kappa shape index (κ2) is 5.99. The van der Waals surface area contributed by atoms with Crippen LogP contribution in [0.4, 0.5) is 4.39 Å². The first-order chi connectivity index (χ1) is 9.43. The van der Waals surface area contributed by atoms with Crippen molar-refractivity contribution in [3.05, 3.63) is 51.7 Å². The van der Waals surface area contributed by atoms with Crippen LogP contribution < -0.4 is 11.3 Å². The molecule has 0 amide bonds. The SMILES string of the molecule is Cc1csc(CC(NN)C(C)(C)c2ccc(F)cc2)n1. The van der Waals surface area contributed by atoms with Crippen LogP contribution in [-0.4, -0.2) is 11.0 Å². The van der Waals surface area contributed by atoms with Gasteiger partial charge in [0.25, 0.3) is 0 Å². The number of halogens is 1. The minimum absolute atomic E-state index is 0.0264. The number of aromatic nitrogens is 1. The summed E-state index contributed by atoms with van der Waals surface area (Å²) in [5.41, 5.74) is 4.75. The van der Waals surface area contributed by atoms with E-state index in [1.165, 1.54) is 12.1 Å². The molecule has 0 aliphatic heterocycles. The van der Waals surface area contributed by atoms with E-state index in [2.05, 4.69) is 24.3 Å². The second-order valence-electron chi connectivity index (χ2n) is 5.53. The molecule has 0 saturated heterocycles. The predicted octanol–water partition coefficient (Wildman–Crippen LogP) is 2.94. The lowest BCUT2D eigenvalue weighted by atomic mass is 9.77. The minimum atomic E-state index is -0.225. The van der Waals surface area contributed by atoms with Gasteiger partial charge in [-0.3, -0.25) is 11.3 Å². The van der Waals surface area contributed by atoms with Gasteiger partial charge < -0.3 is 0 Å². The molecule has 1 heterocycles. The van der Waals surface area contributed by atoms with E-state index in [-0.39, 0.29) is 17.3 Å². The van der Waals surface area contributed by atoms with Crippen LogP contribution in [0.2, 0.25) is 0 Å². The molecule has 2 aromatic rings. The third kappa shape index (κ3) is 3.23. The second-order valence-corrected chi connectivity index (χ2v) is 6.48. The molecule has 1 aromatic carbocycles. The summed E-state index contributed by atoms with van der Waals surface area (Å²) in [5.74, 6) is 5.51. The van der Waals surface area contributed by atoms with E-state index in [4.69, 9.17) is 5.84 Å². The maximum Gasteiger partial charge on any atom is 0.123 e. The predicted molar refractivity (Wildman–Crippen MR) is 81.1 cm³/mol. The summed E-state index contributed by atoms with van der Waals surface area (Å²) in [6.45, 7) is 6.19. The smallest absolute Gasteiger partial charge is 0.123 e. The Morgan fingerprint density at radius 3 is 2.50 bits per heavy atom. The van der Waals surface area contributed by atoms with Gasteiger partial charge >= 0.3 is 0 Å². The fourth-order valence-electron chi connectivity index (χ4n) is 2.27. The molecule has 0 aliphatic rings. The number of benzene rings is 1. The van der Waals surface area contributed by atoms with Crippen LogP contribution >= 0.6 is 11.3 Å². The molecule has 0 aliphatic carbocycles. The van der Waals surface area contributed by atoms with Crippen molar-refractivity contribution >= 4 is 11.3 Å². The number of hydrogen-bond acceptors (Lipinski definition) is 4. The van der Waals surface area contributed by atoms with Crippen molar-refractivity contribution in [2.45, 2.75) is 38.6 Å². The number of hydrazine groups is 1. The molecule has 1 unspecified atom stereocenters. The third-order valence-electron chi connectivity index (χ3n) is 3.71. The van der Waals surface area contributed by atoms with Crippen LogP contribution in [0, 0.1) is 12.7 Å². The highest BCUT2D eigenvalue weighted by Crippen LogP contribution is 2.29. The minimum Gasteiger partial charge on any atom is -0.271 e. The van der Waals surface area contributed by atoms with Gasteiger partial charge in [0.05, 0.1) is 5.01 Å². The molecule has 5 heteroatoms. The number of hydrogen-bond donors (Lipinski definition) is 2. The highest BCUT2D eigenvalue weighted by atomic mass is 32.1. The summed E-state index contributed by atoms with van der Waals surface area (Å²) in [7, 11) is 0. The van der Waals surface area contributed by atoms with Crippen molar-refractivity contribution in [2.24, 2.45) is 5.84 Å². The monoisotopic (exact) mass is 293 g/mol. The average Bonchev–Trinajstić information content (AvgIpc) is 2.82. The molecule has 0 fully saturated rings. The zero-order valence-corrected chi connectivity index (χ0v) is 12.8. The fraction of sp³-hybridized carbons (Fsp3) is 0.400. The molecule has 1 aromatic heterocycles. The highest BCUT2D eigenvalue weighted by molar-refractivity contribution is 7.09. The Morgan fingerprint density at radius 1 is 1.35 bits per heavy atom. The van der Waals surface area contributed by atoms with E-state index in [1.54, 1.807) is 11.3 Å². The summed E-state index contributed by atoms with van der Waals surface area (Å²) >= 11 is 1.64. The van der Waals surface area contributed by atoms with Crippen LogP contribution in [0.1, 0.15) is 30.1 Å². The first kappa shape index (κ1) is 15.1. The Bertz CT molecular complexity index is 563. The Morgan fingerprint density at radius 2 is 2.00 bits per heavy atom. The van der Waals surface area contributed by atoms with Gasteiger partial charge in [-0.2, -0.15) is 0 Å². The van der Waals surface area contributed by atoms with Crippen molar-refractivity contribution in [2.75, 3.05) is 0 Å². The molecule has 0 saturated carbocycles. The van der Waals surface area contributed by atoms with Crippen LogP contribution in [0.5, 0.6) is 0 Å². The Labute approximate surface area is 123 Å². The van der Waals surface area contributed by atoms with Gasteiger partial charge in [-0.25, -0.2) is 9.37 Å². The molecule has 108 valence electrons. The van der Waals surface area contributed by atoms with Crippen molar-refractivity contribution in [3.63, 3.8) is 0 Å². The first-order valence-electron chi connectivity index (χ1n) is 6.56. The third-order valence-corrected chi connectivity index (χ3v) is 4.69. The molecular weight excluding hydrogens is 273 g/mol. The Balaban J connectivity index is 2.22. The lowest BCUT2D eigenvalue weighted by Crippen LogP contribution is -2.49. The topological polar surface area (TPSA) is 50.9 Å². The summed E-state index contributed by atoms with van der Waals surface area (Å²) in [5, 5.41) is 3.09. The van der Waals surface area contributed by atoms with Gasteiger partial charge in [0, 0.05) is 29.0 Å². The number of nitrogens with zero attached hydrogens (tertiary/aromatic N) is 1. The van der Waals surface area contributed by atoms with Crippen LogP contribution in [0.25, 0.3) is 0 Å². The van der Waals surface area contributed by atoms with Crippen LogP contribution in [-0.2, 0) is 11.8 Å². The molecule has 3 nitrogen and oxygen atoms in total. The van der Waals surface area contributed by atoms with Gasteiger partial charge in [0.2, 0.25) is 0 Å². The quantitative estimate of drug-likeness (QED) is 0.658. The summed E-state index contributed by atoms with van der Waals surface area (Å²) < 4.78 is 13.1. The summed E-state index contributed by atoms with van der Waals surface area (Å²) in [4.78, 5) is 4.48. The summed E-state index contributed by atoms with van der Waals surface area (Å²) in [6.07, 6.45) is 0.749. The molecule has 0 bridgehead atoms. The maximum absolute atomic E-state index is 13.1. The largest absolute Gasteiger partial charge is 0.271 e. The van der Waals surface area contributed by atoms with E-state index in [9.17, 15) is 4.39 Å². The number of nitrogens with two attached hydrogens (primary N) is 1. The van der Waals surface area contributed by atoms with Crippen molar-refractivity contribution < 1.29 is 4.39 Å². The van der Waals surface area contributed by atoms with Crippen LogP contribution in [0.3, 0.4) is 0 Å². The average molecular weight is 293 g/mol. The van der Waals surface area contributed by atoms with Crippen LogP contribution in [0.15, 0.2) is 29.6 Å². The van der Waals surface area contributed by atoms with Crippen molar-refractivity contribution in [3.8, 4) is 0 Å². The van der Waals surface area contributed by atoms with E-state index in [1.807, 2.05) is 24.4 Å². The lowest BCUT2D eigenvalue weighted by Gasteiger charge is -2.34. The van der Waals surface area contributed by atoms with Gasteiger partial charge in [-0.15, -0.1) is 11.3 Å². The molecule has 20 heavy (non-hydrogen) atoms. The van der Waals surface area contributed by atoms with Gasteiger partial charge in [0.1, 0.15) is 5.82 Å². The standard InChI is InChI=1S/C15H20FN3S/c1-10-9-20-14(18-10)8-13(19-17)15(2,3)11-4-6-12(16)7-5-11/h4-7,9,13,19H,8,17H2,1-3H3. The normalized spacial score (nSPS) is 13.4. The van der Waals surface area contributed by atoms with E-state index >= 15 is 0 Å². The van der Waals surface area contributed by atoms with Crippen molar-refractivity contribution in [1.29, 1.82) is 0 Å². The maximum atomic E-state index is 13.1. The highest BCUT2D eigenvalue weighted by Gasteiger charge is 2.31. The zero-order valence-electron chi connectivity index (χ0n) is 12.0. The molecule has 0 radical (unpaired) electrons. The van der Waals surface area contributed by atoms with Gasteiger partial charge in [0.15, 0.2) is 0 Å². The summed E-state index contributed by atoms with van der Waals surface area (Å²) in [6, 6.07) is 6.62.